The molecule has 0 aromatic carbocycles. The molecule has 0 aromatic rings. The molecule has 0 spiro atoms. The first-order valence-electron chi connectivity index (χ1n) is 2.95. The Kier molecular flexibility index (Phi) is 1.95. The summed E-state index contributed by atoms with van der Waals surface area (Å²) in [6, 6.07) is 0. The van der Waals surface area contributed by atoms with Gasteiger partial charge in [0.15, 0.2) is 0 Å². The van der Waals surface area contributed by atoms with Crippen molar-refractivity contribution in [2.45, 2.75) is 12.8 Å². The molecule has 0 saturated heterocycles. The van der Waals surface area contributed by atoms with Gasteiger partial charge < -0.3 is 0 Å². The van der Waals surface area contributed by atoms with E-state index < -0.39 is 0 Å². The fourth-order valence-corrected chi connectivity index (χ4v) is 1.79. The van der Waals surface area contributed by atoms with Crippen LogP contribution in [0.15, 0.2) is 0 Å². The first-order chi connectivity index (χ1) is 3.84. The van der Waals surface area contributed by atoms with Gasteiger partial charge in [-0.2, -0.15) is 0 Å². The summed E-state index contributed by atoms with van der Waals surface area (Å²) in [5.74, 6) is 0. The van der Waals surface area contributed by atoms with Crippen molar-refractivity contribution < 1.29 is 4.58 Å². The summed E-state index contributed by atoms with van der Waals surface area (Å²) in [6.07, 6.45) is 4.81. The van der Waals surface area contributed by atoms with Crippen LogP contribution in [-0.4, -0.2) is 29.5 Å². The van der Waals surface area contributed by atoms with Crippen molar-refractivity contribution in [3.8, 4) is 0 Å². The van der Waals surface area contributed by atoms with E-state index in [2.05, 4.69) is 17.9 Å². The smallest absolute Gasteiger partial charge is 0.210 e. The molecule has 8 heavy (non-hydrogen) atoms. The van der Waals surface area contributed by atoms with E-state index in [9.17, 15) is 0 Å². The summed E-state index contributed by atoms with van der Waals surface area (Å²) >= 11 is 1.88. The molecule has 1 rings (SSSR count). The highest BCUT2D eigenvalue weighted by atomic mass is 32.2. The van der Waals surface area contributed by atoms with Crippen LogP contribution >= 0.6 is 11.8 Å². The fourth-order valence-electron chi connectivity index (χ4n) is 1.04. The minimum atomic E-state index is 1.26. The lowest BCUT2D eigenvalue weighted by Crippen LogP contribution is -2.04. The first kappa shape index (κ1) is 6.14. The predicted octanol–water partition coefficient (Wildman–Crippen LogP) is 1.18. The van der Waals surface area contributed by atoms with E-state index in [4.69, 9.17) is 0 Å². The van der Waals surface area contributed by atoms with Crippen molar-refractivity contribution in [1.29, 1.82) is 0 Å². The van der Waals surface area contributed by atoms with Crippen molar-refractivity contribution >= 4 is 16.8 Å². The molecule has 1 aliphatic heterocycles. The van der Waals surface area contributed by atoms with Crippen molar-refractivity contribution in [3.63, 3.8) is 0 Å². The van der Waals surface area contributed by atoms with Crippen LogP contribution in [-0.2, 0) is 0 Å². The lowest BCUT2D eigenvalue weighted by molar-refractivity contribution is -0.486. The second kappa shape index (κ2) is 2.53. The van der Waals surface area contributed by atoms with Crippen molar-refractivity contribution in [1.82, 2.24) is 0 Å². The molecule has 0 atom stereocenters. The third-order valence-electron chi connectivity index (χ3n) is 1.55. The van der Waals surface area contributed by atoms with E-state index in [1.54, 1.807) is 5.04 Å². The molecule has 0 N–H and O–H groups in total. The van der Waals surface area contributed by atoms with Gasteiger partial charge in [0.25, 0.3) is 0 Å². The van der Waals surface area contributed by atoms with Crippen LogP contribution in [0.1, 0.15) is 12.8 Å². The standard InChI is InChI=1S/C6H12NS/c1-7-5-3-4-6(7)8-2/h3-5H2,1-2H3/q+1. The van der Waals surface area contributed by atoms with E-state index in [0.29, 0.717) is 0 Å². The molecular weight excluding hydrogens is 118 g/mol. The fraction of sp³-hybridized carbons (Fsp3) is 0.833. The predicted molar refractivity (Wildman–Crippen MR) is 38.8 cm³/mol. The molecule has 1 heterocycles. The molecule has 1 aliphatic rings. The zero-order chi connectivity index (χ0) is 5.98. The van der Waals surface area contributed by atoms with Crippen molar-refractivity contribution in [3.05, 3.63) is 0 Å². The summed E-state index contributed by atoms with van der Waals surface area (Å²) in [5.41, 5.74) is 0. The van der Waals surface area contributed by atoms with Crippen LogP contribution in [0.3, 0.4) is 0 Å². The molecule has 0 unspecified atom stereocenters. The van der Waals surface area contributed by atoms with Gasteiger partial charge in [-0.15, -0.1) is 0 Å². The average molecular weight is 130 g/mol. The summed E-state index contributed by atoms with van der Waals surface area (Å²) in [6.45, 7) is 1.26. The van der Waals surface area contributed by atoms with E-state index in [1.165, 1.54) is 19.4 Å². The Hall–Kier alpha value is 0.0200. The van der Waals surface area contributed by atoms with Gasteiger partial charge in [-0.25, -0.2) is 4.58 Å². The Morgan fingerprint density at radius 3 is 2.62 bits per heavy atom. The monoisotopic (exact) mass is 130 g/mol. The summed E-state index contributed by atoms with van der Waals surface area (Å²) < 4.78 is 2.34. The van der Waals surface area contributed by atoms with Crippen LogP contribution in [0.2, 0.25) is 0 Å². The van der Waals surface area contributed by atoms with Crippen LogP contribution < -0.4 is 0 Å². The molecule has 0 aromatic heterocycles. The molecule has 46 valence electrons. The number of hydrogen-bond donors (Lipinski definition) is 0. The van der Waals surface area contributed by atoms with Gasteiger partial charge in [0.1, 0.15) is 13.6 Å². The zero-order valence-electron chi connectivity index (χ0n) is 5.48. The second-order valence-electron chi connectivity index (χ2n) is 2.12. The third-order valence-corrected chi connectivity index (χ3v) is 2.53. The maximum atomic E-state index is 2.34. The minimum absolute atomic E-state index is 1.26. The number of rotatable bonds is 0. The number of nitrogens with zero attached hydrogens (tertiary/aromatic N) is 1. The van der Waals surface area contributed by atoms with Crippen LogP contribution in [0, 0.1) is 0 Å². The largest absolute Gasteiger partial charge is 0.231 e. The Morgan fingerprint density at radius 1 is 1.62 bits per heavy atom. The summed E-state index contributed by atoms with van der Waals surface area (Å²) in [5, 5.41) is 1.55. The van der Waals surface area contributed by atoms with Gasteiger partial charge in [-0.3, -0.25) is 0 Å². The van der Waals surface area contributed by atoms with E-state index in [1.807, 2.05) is 11.8 Å². The lowest BCUT2D eigenvalue weighted by atomic mass is 10.4. The highest BCUT2D eigenvalue weighted by Crippen LogP contribution is 2.10. The topological polar surface area (TPSA) is 3.01 Å². The van der Waals surface area contributed by atoms with Gasteiger partial charge in [0, 0.05) is 12.8 Å². The molecular formula is C6H12NS+. The zero-order valence-corrected chi connectivity index (χ0v) is 6.29. The normalized spacial score (nSPS) is 20.2. The SMILES string of the molecule is CSC1=[N+](C)CCC1. The average Bonchev–Trinajstić information content (AvgIpc) is 2.14. The Morgan fingerprint density at radius 2 is 2.38 bits per heavy atom. The number of hydrogen-bond acceptors (Lipinski definition) is 1. The summed E-state index contributed by atoms with van der Waals surface area (Å²) in [7, 11) is 2.17. The van der Waals surface area contributed by atoms with Crippen LogP contribution in [0.25, 0.3) is 0 Å². The summed E-state index contributed by atoms with van der Waals surface area (Å²) in [4.78, 5) is 0. The van der Waals surface area contributed by atoms with Crippen molar-refractivity contribution in [2.24, 2.45) is 0 Å². The van der Waals surface area contributed by atoms with Crippen molar-refractivity contribution in [2.75, 3.05) is 19.8 Å². The molecule has 1 nitrogen and oxygen atoms in total. The Bertz CT molecular complexity index is 118. The molecule has 2 heteroatoms. The van der Waals surface area contributed by atoms with E-state index in [0.717, 1.165) is 0 Å². The highest BCUT2D eigenvalue weighted by Gasteiger charge is 2.16. The maximum Gasteiger partial charge on any atom is 0.210 e. The van der Waals surface area contributed by atoms with Crippen LogP contribution in [0.5, 0.6) is 0 Å². The van der Waals surface area contributed by atoms with Crippen LogP contribution in [0.4, 0.5) is 0 Å². The van der Waals surface area contributed by atoms with Gasteiger partial charge in [0.05, 0.1) is 0 Å². The van der Waals surface area contributed by atoms with Gasteiger partial charge in [0.2, 0.25) is 5.04 Å². The highest BCUT2D eigenvalue weighted by molar-refractivity contribution is 8.13. The molecule has 0 amide bonds. The van der Waals surface area contributed by atoms with E-state index >= 15 is 0 Å². The van der Waals surface area contributed by atoms with Gasteiger partial charge in [-0.1, -0.05) is 11.8 Å². The molecule has 0 aliphatic carbocycles. The number of thioether (sulfide) groups is 1. The van der Waals surface area contributed by atoms with Gasteiger partial charge in [-0.05, 0) is 6.26 Å². The van der Waals surface area contributed by atoms with E-state index in [-0.39, 0.29) is 0 Å². The molecule has 0 saturated carbocycles. The maximum absolute atomic E-state index is 2.34. The Labute approximate surface area is 54.8 Å². The third kappa shape index (κ3) is 1.05. The van der Waals surface area contributed by atoms with Gasteiger partial charge >= 0.3 is 0 Å². The quantitative estimate of drug-likeness (QED) is 0.445. The molecule has 0 bridgehead atoms. The first-order valence-corrected chi connectivity index (χ1v) is 4.18. The Balaban J connectivity index is 2.58. The minimum Gasteiger partial charge on any atom is -0.231 e. The lowest BCUT2D eigenvalue weighted by Gasteiger charge is -1.87. The molecule has 0 fully saturated rings. The second-order valence-corrected chi connectivity index (χ2v) is 3.00. The molecule has 0 radical (unpaired) electrons.